The van der Waals surface area contributed by atoms with Gasteiger partial charge in [-0.3, -0.25) is 4.18 Å². The van der Waals surface area contributed by atoms with Crippen molar-refractivity contribution in [2.75, 3.05) is 26.0 Å². The van der Waals surface area contributed by atoms with Crippen molar-refractivity contribution >= 4 is 16.2 Å². The molecule has 2 atom stereocenters. The zero-order chi connectivity index (χ0) is 20.9. The summed E-state index contributed by atoms with van der Waals surface area (Å²) < 4.78 is 46.6. The van der Waals surface area contributed by atoms with E-state index in [9.17, 15) is 17.6 Å². The monoisotopic (exact) mass is 421 g/mol. The van der Waals surface area contributed by atoms with E-state index < -0.39 is 16.2 Å². The van der Waals surface area contributed by atoms with Crippen LogP contribution in [0.2, 0.25) is 0 Å². The first kappa shape index (κ1) is 21.3. The summed E-state index contributed by atoms with van der Waals surface area (Å²) in [6.45, 7) is 0.877. The summed E-state index contributed by atoms with van der Waals surface area (Å²) in [7, 11) is -3.61. The molecule has 0 aliphatic carbocycles. The van der Waals surface area contributed by atoms with Gasteiger partial charge in [0.1, 0.15) is 12.4 Å². The number of halogens is 1. The smallest absolute Gasteiger partial charge is 0.410 e. The Morgan fingerprint density at radius 2 is 1.83 bits per heavy atom. The van der Waals surface area contributed by atoms with Gasteiger partial charge < -0.3 is 9.64 Å². The maximum atomic E-state index is 13.3. The zero-order valence-electron chi connectivity index (χ0n) is 16.2. The van der Waals surface area contributed by atoms with Crippen molar-refractivity contribution in [3.05, 3.63) is 71.5 Å². The van der Waals surface area contributed by atoms with Crippen molar-refractivity contribution in [3.63, 3.8) is 0 Å². The third-order valence-corrected chi connectivity index (χ3v) is 5.56. The average Bonchev–Trinajstić information content (AvgIpc) is 2.71. The number of hydrogen-bond acceptors (Lipinski definition) is 5. The van der Waals surface area contributed by atoms with Crippen molar-refractivity contribution < 1.29 is 26.5 Å². The van der Waals surface area contributed by atoms with E-state index in [1.54, 1.807) is 17.0 Å². The Morgan fingerprint density at radius 1 is 1.14 bits per heavy atom. The van der Waals surface area contributed by atoms with Gasteiger partial charge in [0.25, 0.3) is 10.1 Å². The Labute approximate surface area is 170 Å². The number of ether oxygens (including phenoxy) is 1. The minimum atomic E-state index is -3.61. The van der Waals surface area contributed by atoms with Crippen LogP contribution in [0, 0.1) is 11.7 Å². The third kappa shape index (κ3) is 6.27. The van der Waals surface area contributed by atoms with Gasteiger partial charge in [-0.25, -0.2) is 9.18 Å². The molecule has 1 aliphatic rings. The molecule has 2 aromatic carbocycles. The SMILES string of the molecule is CS(=O)(=O)OC[C@H]1CN(C(=O)OCc2ccccc2)CC[C@H]1c1ccc(F)cc1. The van der Waals surface area contributed by atoms with Crippen LogP contribution in [0.5, 0.6) is 0 Å². The lowest BCUT2D eigenvalue weighted by atomic mass is 9.81. The molecule has 0 aromatic heterocycles. The summed E-state index contributed by atoms with van der Waals surface area (Å²) in [5.41, 5.74) is 1.78. The van der Waals surface area contributed by atoms with Crippen LogP contribution in [-0.4, -0.2) is 45.4 Å². The summed E-state index contributed by atoms with van der Waals surface area (Å²) in [5, 5.41) is 0. The Bertz CT molecular complexity index is 918. The molecule has 2 aromatic rings. The molecule has 0 N–H and O–H groups in total. The number of likely N-dealkylation sites (tertiary alicyclic amines) is 1. The lowest BCUT2D eigenvalue weighted by molar-refractivity contribution is 0.0651. The van der Waals surface area contributed by atoms with Crippen LogP contribution in [0.4, 0.5) is 9.18 Å². The van der Waals surface area contributed by atoms with Gasteiger partial charge in [-0.15, -0.1) is 0 Å². The van der Waals surface area contributed by atoms with Gasteiger partial charge in [0.15, 0.2) is 0 Å². The largest absolute Gasteiger partial charge is 0.445 e. The summed E-state index contributed by atoms with van der Waals surface area (Å²) >= 11 is 0. The number of carbonyl (C=O) groups is 1. The molecular weight excluding hydrogens is 397 g/mol. The van der Waals surface area contributed by atoms with E-state index in [0.29, 0.717) is 19.5 Å². The summed E-state index contributed by atoms with van der Waals surface area (Å²) in [6, 6.07) is 15.5. The van der Waals surface area contributed by atoms with Crippen LogP contribution in [-0.2, 0) is 25.6 Å². The normalized spacial score (nSPS) is 19.7. The molecule has 1 amide bonds. The van der Waals surface area contributed by atoms with Crippen molar-refractivity contribution in [2.45, 2.75) is 18.9 Å². The van der Waals surface area contributed by atoms with Gasteiger partial charge in [-0.2, -0.15) is 8.42 Å². The van der Waals surface area contributed by atoms with E-state index in [-0.39, 0.29) is 30.9 Å². The minimum absolute atomic E-state index is 0.0458. The topological polar surface area (TPSA) is 72.9 Å². The molecule has 29 heavy (non-hydrogen) atoms. The Hall–Kier alpha value is -2.45. The maximum absolute atomic E-state index is 13.3. The number of piperidine rings is 1. The number of nitrogens with zero attached hydrogens (tertiary/aromatic N) is 1. The number of carbonyl (C=O) groups excluding carboxylic acids is 1. The lowest BCUT2D eigenvalue weighted by Crippen LogP contribution is -2.44. The highest BCUT2D eigenvalue weighted by Gasteiger charge is 2.34. The number of hydrogen-bond donors (Lipinski definition) is 0. The summed E-state index contributed by atoms with van der Waals surface area (Å²) in [5.74, 6) is -0.636. The molecule has 1 aliphatic heterocycles. The fraction of sp³-hybridized carbons (Fsp3) is 0.381. The second-order valence-electron chi connectivity index (χ2n) is 7.18. The molecule has 0 bridgehead atoms. The lowest BCUT2D eigenvalue weighted by Gasteiger charge is -2.38. The van der Waals surface area contributed by atoms with E-state index >= 15 is 0 Å². The molecule has 3 rings (SSSR count). The molecule has 1 saturated heterocycles. The quantitative estimate of drug-likeness (QED) is 0.667. The molecular formula is C21H24FNO5S. The van der Waals surface area contributed by atoms with Crippen LogP contribution in [0.25, 0.3) is 0 Å². The number of amides is 1. The molecule has 0 unspecified atom stereocenters. The average molecular weight is 421 g/mol. The van der Waals surface area contributed by atoms with E-state index in [1.807, 2.05) is 30.3 Å². The number of benzene rings is 2. The molecule has 0 spiro atoms. The predicted octanol–water partition coefficient (Wildman–Crippen LogP) is 3.54. The van der Waals surface area contributed by atoms with Gasteiger partial charge in [0.2, 0.25) is 0 Å². The Balaban J connectivity index is 1.67. The van der Waals surface area contributed by atoms with Crippen LogP contribution in [0.1, 0.15) is 23.5 Å². The molecule has 1 fully saturated rings. The first-order chi connectivity index (χ1) is 13.8. The highest BCUT2D eigenvalue weighted by molar-refractivity contribution is 7.85. The number of rotatable bonds is 6. The molecule has 0 saturated carbocycles. The minimum Gasteiger partial charge on any atom is -0.445 e. The van der Waals surface area contributed by atoms with Gasteiger partial charge >= 0.3 is 6.09 Å². The predicted molar refractivity (Wildman–Crippen MR) is 106 cm³/mol. The first-order valence-electron chi connectivity index (χ1n) is 9.37. The molecule has 0 radical (unpaired) electrons. The Morgan fingerprint density at radius 3 is 2.48 bits per heavy atom. The molecule has 8 heteroatoms. The van der Waals surface area contributed by atoms with Crippen LogP contribution < -0.4 is 0 Å². The van der Waals surface area contributed by atoms with Crippen molar-refractivity contribution in [1.29, 1.82) is 0 Å². The van der Waals surface area contributed by atoms with E-state index in [1.165, 1.54) is 12.1 Å². The van der Waals surface area contributed by atoms with E-state index in [4.69, 9.17) is 8.92 Å². The van der Waals surface area contributed by atoms with Crippen molar-refractivity contribution in [3.8, 4) is 0 Å². The van der Waals surface area contributed by atoms with Gasteiger partial charge in [-0.1, -0.05) is 42.5 Å². The Kier molecular flexibility index (Phi) is 6.87. The highest BCUT2D eigenvalue weighted by Crippen LogP contribution is 2.34. The first-order valence-corrected chi connectivity index (χ1v) is 11.2. The van der Waals surface area contributed by atoms with Gasteiger partial charge in [0.05, 0.1) is 12.9 Å². The van der Waals surface area contributed by atoms with Gasteiger partial charge in [-0.05, 0) is 35.6 Å². The fourth-order valence-corrected chi connectivity index (χ4v) is 3.96. The second-order valence-corrected chi connectivity index (χ2v) is 8.83. The van der Waals surface area contributed by atoms with E-state index in [2.05, 4.69) is 0 Å². The zero-order valence-corrected chi connectivity index (χ0v) is 17.0. The van der Waals surface area contributed by atoms with Crippen LogP contribution >= 0.6 is 0 Å². The second kappa shape index (κ2) is 9.37. The summed E-state index contributed by atoms with van der Waals surface area (Å²) in [6.07, 6.45) is 1.15. The maximum Gasteiger partial charge on any atom is 0.410 e. The van der Waals surface area contributed by atoms with Crippen LogP contribution in [0.15, 0.2) is 54.6 Å². The standard InChI is InChI=1S/C21H24FNO5S/c1-29(25,26)28-15-18-13-23(21(24)27-14-16-5-3-2-4-6-16)12-11-20(18)17-7-9-19(22)10-8-17/h2-10,18,20H,11-15H2,1H3/t18-,20+/m1/s1. The molecule has 6 nitrogen and oxygen atoms in total. The third-order valence-electron chi connectivity index (χ3n) is 4.99. The van der Waals surface area contributed by atoms with Crippen molar-refractivity contribution in [1.82, 2.24) is 4.90 Å². The summed E-state index contributed by atoms with van der Waals surface area (Å²) in [4.78, 5) is 14.1. The fourth-order valence-electron chi connectivity index (χ4n) is 3.54. The van der Waals surface area contributed by atoms with E-state index in [0.717, 1.165) is 17.4 Å². The van der Waals surface area contributed by atoms with Gasteiger partial charge in [0, 0.05) is 19.0 Å². The molecule has 1 heterocycles. The van der Waals surface area contributed by atoms with Crippen LogP contribution in [0.3, 0.4) is 0 Å². The molecule has 156 valence electrons. The highest BCUT2D eigenvalue weighted by atomic mass is 32.2. The van der Waals surface area contributed by atoms with Crippen molar-refractivity contribution in [2.24, 2.45) is 5.92 Å².